The second-order valence-corrected chi connectivity index (χ2v) is 5.25. The SMILES string of the molecule is Nc1ccc(SCC(=O)Nc2ccc(Cl)cn2)cc1. The quantitative estimate of drug-likeness (QED) is 0.671. The lowest BCUT2D eigenvalue weighted by molar-refractivity contribution is -0.113. The van der Waals surface area contributed by atoms with E-state index in [1.54, 1.807) is 24.3 Å². The molecule has 2 rings (SSSR count). The van der Waals surface area contributed by atoms with E-state index in [1.165, 1.54) is 18.0 Å². The predicted molar refractivity (Wildman–Crippen MR) is 79.5 cm³/mol. The van der Waals surface area contributed by atoms with Crippen molar-refractivity contribution in [3.05, 3.63) is 47.6 Å². The number of nitrogen functional groups attached to an aromatic ring is 1. The molecule has 0 radical (unpaired) electrons. The first kappa shape index (κ1) is 13.7. The van der Waals surface area contributed by atoms with Crippen LogP contribution in [-0.4, -0.2) is 16.6 Å². The number of aromatic nitrogens is 1. The van der Waals surface area contributed by atoms with Gasteiger partial charge in [-0.05, 0) is 36.4 Å². The number of carbonyl (C=O) groups excluding carboxylic acids is 1. The zero-order chi connectivity index (χ0) is 13.7. The van der Waals surface area contributed by atoms with Crippen molar-refractivity contribution in [1.82, 2.24) is 4.98 Å². The topological polar surface area (TPSA) is 68.0 Å². The summed E-state index contributed by atoms with van der Waals surface area (Å²) in [5, 5.41) is 3.23. The number of nitrogens with one attached hydrogen (secondary N) is 1. The Hall–Kier alpha value is -1.72. The van der Waals surface area contributed by atoms with E-state index in [9.17, 15) is 4.79 Å². The minimum Gasteiger partial charge on any atom is -0.399 e. The molecule has 0 atom stereocenters. The van der Waals surface area contributed by atoms with Gasteiger partial charge in [-0.3, -0.25) is 4.79 Å². The van der Waals surface area contributed by atoms with Gasteiger partial charge < -0.3 is 11.1 Å². The molecule has 0 bridgehead atoms. The molecule has 4 nitrogen and oxygen atoms in total. The smallest absolute Gasteiger partial charge is 0.235 e. The van der Waals surface area contributed by atoms with Crippen LogP contribution in [0.15, 0.2) is 47.5 Å². The molecular weight excluding hydrogens is 282 g/mol. The van der Waals surface area contributed by atoms with E-state index in [0.717, 1.165) is 4.90 Å². The van der Waals surface area contributed by atoms with E-state index in [1.807, 2.05) is 12.1 Å². The molecule has 1 aromatic carbocycles. The average Bonchev–Trinajstić information content (AvgIpc) is 2.41. The Balaban J connectivity index is 1.84. The summed E-state index contributed by atoms with van der Waals surface area (Å²) in [6.07, 6.45) is 1.49. The Labute approximate surface area is 120 Å². The lowest BCUT2D eigenvalue weighted by atomic mass is 10.3. The summed E-state index contributed by atoms with van der Waals surface area (Å²) < 4.78 is 0. The van der Waals surface area contributed by atoms with Crippen LogP contribution in [0, 0.1) is 0 Å². The number of nitrogens with two attached hydrogens (primary N) is 1. The number of amides is 1. The molecular formula is C13H12ClN3OS. The summed E-state index contributed by atoms with van der Waals surface area (Å²) in [7, 11) is 0. The first-order valence-corrected chi connectivity index (χ1v) is 6.89. The third-order valence-electron chi connectivity index (χ3n) is 2.24. The molecule has 0 aliphatic carbocycles. The van der Waals surface area contributed by atoms with Crippen LogP contribution in [0.2, 0.25) is 5.02 Å². The Morgan fingerprint density at radius 2 is 2.00 bits per heavy atom. The molecule has 0 unspecified atom stereocenters. The Bertz CT molecular complexity index is 557. The molecule has 6 heteroatoms. The molecule has 0 saturated carbocycles. The van der Waals surface area contributed by atoms with Crippen molar-refractivity contribution in [3.8, 4) is 0 Å². The fourth-order valence-electron chi connectivity index (χ4n) is 1.34. The van der Waals surface area contributed by atoms with E-state index >= 15 is 0 Å². The molecule has 0 fully saturated rings. The van der Waals surface area contributed by atoms with Crippen LogP contribution in [0.25, 0.3) is 0 Å². The number of rotatable bonds is 4. The molecule has 98 valence electrons. The zero-order valence-electron chi connectivity index (χ0n) is 9.97. The average molecular weight is 294 g/mol. The molecule has 1 heterocycles. The van der Waals surface area contributed by atoms with Crippen LogP contribution in [0.1, 0.15) is 0 Å². The number of nitrogens with zero attached hydrogens (tertiary/aromatic N) is 1. The highest BCUT2D eigenvalue weighted by Crippen LogP contribution is 2.19. The minimum absolute atomic E-state index is 0.114. The third-order valence-corrected chi connectivity index (χ3v) is 3.48. The number of pyridine rings is 1. The number of hydrogen-bond donors (Lipinski definition) is 2. The molecule has 19 heavy (non-hydrogen) atoms. The van der Waals surface area contributed by atoms with Gasteiger partial charge >= 0.3 is 0 Å². The van der Waals surface area contributed by atoms with E-state index < -0.39 is 0 Å². The van der Waals surface area contributed by atoms with Crippen molar-refractivity contribution in [2.24, 2.45) is 0 Å². The van der Waals surface area contributed by atoms with Crippen molar-refractivity contribution in [1.29, 1.82) is 0 Å². The van der Waals surface area contributed by atoms with Crippen molar-refractivity contribution < 1.29 is 4.79 Å². The normalized spacial score (nSPS) is 10.2. The highest BCUT2D eigenvalue weighted by molar-refractivity contribution is 8.00. The lowest BCUT2D eigenvalue weighted by Gasteiger charge is -2.04. The van der Waals surface area contributed by atoms with Crippen LogP contribution in [0.4, 0.5) is 11.5 Å². The highest BCUT2D eigenvalue weighted by Gasteiger charge is 2.04. The maximum atomic E-state index is 11.7. The Morgan fingerprint density at radius 1 is 1.26 bits per heavy atom. The molecule has 0 aliphatic heterocycles. The van der Waals surface area contributed by atoms with E-state index in [0.29, 0.717) is 22.3 Å². The largest absolute Gasteiger partial charge is 0.399 e. The van der Waals surface area contributed by atoms with Crippen molar-refractivity contribution in [2.75, 3.05) is 16.8 Å². The summed E-state index contributed by atoms with van der Waals surface area (Å²) in [5.74, 6) is 0.692. The van der Waals surface area contributed by atoms with Gasteiger partial charge in [0.1, 0.15) is 5.82 Å². The maximum absolute atomic E-state index is 11.7. The second-order valence-electron chi connectivity index (χ2n) is 3.77. The molecule has 0 saturated heterocycles. The summed E-state index contributed by atoms with van der Waals surface area (Å²) in [6, 6.07) is 10.7. The highest BCUT2D eigenvalue weighted by atomic mass is 35.5. The molecule has 0 aliphatic rings. The van der Waals surface area contributed by atoms with Crippen molar-refractivity contribution in [2.45, 2.75) is 4.90 Å². The van der Waals surface area contributed by atoms with Crippen LogP contribution in [-0.2, 0) is 4.79 Å². The van der Waals surface area contributed by atoms with Crippen molar-refractivity contribution >= 4 is 40.8 Å². The third kappa shape index (κ3) is 4.46. The molecule has 1 aromatic heterocycles. The van der Waals surface area contributed by atoms with Crippen LogP contribution in [0.3, 0.4) is 0 Å². The first-order chi connectivity index (χ1) is 9.13. The maximum Gasteiger partial charge on any atom is 0.235 e. The summed E-state index contributed by atoms with van der Waals surface area (Å²) >= 11 is 7.15. The number of benzene rings is 1. The van der Waals surface area contributed by atoms with E-state index in [-0.39, 0.29) is 5.91 Å². The van der Waals surface area contributed by atoms with E-state index in [2.05, 4.69) is 10.3 Å². The monoisotopic (exact) mass is 293 g/mol. The summed E-state index contributed by atoms with van der Waals surface area (Å²) in [5.41, 5.74) is 6.30. The minimum atomic E-state index is -0.114. The van der Waals surface area contributed by atoms with Gasteiger partial charge in [0.05, 0.1) is 10.8 Å². The summed E-state index contributed by atoms with van der Waals surface area (Å²) in [4.78, 5) is 16.7. The standard InChI is InChI=1S/C13H12ClN3OS/c14-9-1-6-12(16-7-9)17-13(18)8-19-11-4-2-10(15)3-5-11/h1-7H,8,15H2,(H,16,17,18). The molecule has 0 spiro atoms. The predicted octanol–water partition coefficient (Wildman–Crippen LogP) is 3.05. The van der Waals surface area contributed by atoms with Gasteiger partial charge in [0.15, 0.2) is 0 Å². The Kier molecular flexibility index (Phi) is 4.65. The van der Waals surface area contributed by atoms with Crippen molar-refractivity contribution in [3.63, 3.8) is 0 Å². The second kappa shape index (κ2) is 6.45. The Morgan fingerprint density at radius 3 is 2.63 bits per heavy atom. The fourth-order valence-corrected chi connectivity index (χ4v) is 2.15. The van der Waals surface area contributed by atoms with Gasteiger partial charge in [0.2, 0.25) is 5.91 Å². The van der Waals surface area contributed by atoms with Gasteiger partial charge in [-0.15, -0.1) is 11.8 Å². The van der Waals surface area contributed by atoms with Gasteiger partial charge in [0.25, 0.3) is 0 Å². The first-order valence-electron chi connectivity index (χ1n) is 5.53. The van der Waals surface area contributed by atoms with Crippen LogP contribution in [0.5, 0.6) is 0 Å². The molecule has 2 aromatic rings. The van der Waals surface area contributed by atoms with Gasteiger partial charge in [-0.2, -0.15) is 0 Å². The van der Waals surface area contributed by atoms with Crippen LogP contribution >= 0.6 is 23.4 Å². The number of carbonyl (C=O) groups is 1. The number of thioether (sulfide) groups is 1. The van der Waals surface area contributed by atoms with Gasteiger partial charge in [-0.1, -0.05) is 11.6 Å². The number of halogens is 1. The van der Waals surface area contributed by atoms with E-state index in [4.69, 9.17) is 17.3 Å². The summed E-state index contributed by atoms with van der Waals surface area (Å²) in [6.45, 7) is 0. The lowest BCUT2D eigenvalue weighted by Crippen LogP contribution is -2.14. The number of anilines is 2. The fraction of sp³-hybridized carbons (Fsp3) is 0.0769. The van der Waals surface area contributed by atoms with Crippen LogP contribution < -0.4 is 11.1 Å². The number of hydrogen-bond acceptors (Lipinski definition) is 4. The van der Waals surface area contributed by atoms with Gasteiger partial charge in [-0.25, -0.2) is 4.98 Å². The van der Waals surface area contributed by atoms with Gasteiger partial charge in [0, 0.05) is 16.8 Å². The zero-order valence-corrected chi connectivity index (χ0v) is 11.5. The molecule has 3 N–H and O–H groups in total. The molecule has 1 amide bonds.